The molecule has 206 valence electrons. The van der Waals surface area contributed by atoms with Crippen LogP contribution >= 0.6 is 11.8 Å². The predicted octanol–water partition coefficient (Wildman–Crippen LogP) is 6.77. The van der Waals surface area contributed by atoms with Gasteiger partial charge < -0.3 is 9.47 Å². The first-order valence-corrected chi connectivity index (χ1v) is 15.7. The summed E-state index contributed by atoms with van der Waals surface area (Å²) in [6.07, 6.45) is 3.69. The van der Waals surface area contributed by atoms with Gasteiger partial charge in [0.25, 0.3) is 0 Å². The minimum Gasteiger partial charge on any atom is -0.457 e. The standard InChI is InChI=1S/C17H14O3S.C17H14O2S/c1-21(19)14-9-7-12(8-10-14)15-11-20-17(18)16(15)13-5-3-2-4-6-13;1-20-14-9-7-12(8-10-14)15-11-19-17(18)16(15)13-5-3-2-4-6-13/h2-10H,11H2,1H3;2-10H,11H2,1H3. The van der Waals surface area contributed by atoms with E-state index in [1.165, 1.54) is 4.90 Å². The summed E-state index contributed by atoms with van der Waals surface area (Å²) in [4.78, 5) is 26.0. The minimum atomic E-state index is -1.00. The third kappa shape index (κ3) is 6.42. The van der Waals surface area contributed by atoms with Crippen LogP contribution in [0, 0.1) is 0 Å². The molecule has 7 heteroatoms. The summed E-state index contributed by atoms with van der Waals surface area (Å²) in [5, 5.41) is 0. The fourth-order valence-electron chi connectivity index (χ4n) is 4.70. The van der Waals surface area contributed by atoms with Crippen LogP contribution in [-0.2, 0) is 29.9 Å². The Morgan fingerprint density at radius 1 is 0.585 bits per heavy atom. The van der Waals surface area contributed by atoms with Gasteiger partial charge in [0.1, 0.15) is 13.2 Å². The molecule has 4 aromatic carbocycles. The van der Waals surface area contributed by atoms with Gasteiger partial charge in [-0.3, -0.25) is 4.21 Å². The second-order valence-electron chi connectivity index (χ2n) is 9.30. The lowest BCUT2D eigenvalue weighted by molar-refractivity contribution is -0.134. The molecule has 2 heterocycles. The van der Waals surface area contributed by atoms with Crippen molar-refractivity contribution in [3.05, 3.63) is 131 Å². The van der Waals surface area contributed by atoms with Crippen LogP contribution in [-0.4, -0.2) is 41.9 Å². The maximum absolute atomic E-state index is 12.0. The highest BCUT2D eigenvalue weighted by Gasteiger charge is 2.28. The Morgan fingerprint density at radius 3 is 1.39 bits per heavy atom. The highest BCUT2D eigenvalue weighted by Crippen LogP contribution is 2.34. The van der Waals surface area contributed by atoms with Gasteiger partial charge in [-0.1, -0.05) is 84.9 Å². The van der Waals surface area contributed by atoms with Crippen molar-refractivity contribution in [1.82, 2.24) is 0 Å². The van der Waals surface area contributed by atoms with Crippen LogP contribution in [0.3, 0.4) is 0 Å². The molecule has 41 heavy (non-hydrogen) atoms. The second kappa shape index (κ2) is 13.0. The van der Waals surface area contributed by atoms with Gasteiger partial charge in [-0.05, 0) is 52.8 Å². The first-order chi connectivity index (χ1) is 20.0. The quantitative estimate of drug-likeness (QED) is 0.185. The van der Waals surface area contributed by atoms with Gasteiger partial charge in [0.15, 0.2) is 0 Å². The van der Waals surface area contributed by atoms with Gasteiger partial charge in [-0.25, -0.2) is 9.59 Å². The van der Waals surface area contributed by atoms with Gasteiger partial charge in [0.05, 0.1) is 11.1 Å². The van der Waals surface area contributed by atoms with Crippen molar-refractivity contribution in [1.29, 1.82) is 0 Å². The number of esters is 2. The molecule has 6 rings (SSSR count). The van der Waals surface area contributed by atoms with Crippen molar-refractivity contribution in [3.63, 3.8) is 0 Å². The number of hydrogen-bond donors (Lipinski definition) is 0. The van der Waals surface area contributed by atoms with Crippen LogP contribution in [0.4, 0.5) is 0 Å². The van der Waals surface area contributed by atoms with Gasteiger partial charge in [0.2, 0.25) is 0 Å². The molecule has 2 aliphatic rings. The predicted molar refractivity (Wildman–Crippen MR) is 165 cm³/mol. The molecule has 0 radical (unpaired) electrons. The Kier molecular flexibility index (Phi) is 8.97. The Hall–Kier alpha value is -4.20. The molecule has 1 unspecified atom stereocenters. The lowest BCUT2D eigenvalue weighted by Crippen LogP contribution is -1.98. The minimum absolute atomic E-state index is 0.236. The zero-order valence-corrected chi connectivity index (χ0v) is 24.3. The second-order valence-corrected chi connectivity index (χ2v) is 11.6. The van der Waals surface area contributed by atoms with Crippen LogP contribution in [0.25, 0.3) is 22.3 Å². The van der Waals surface area contributed by atoms with E-state index < -0.39 is 10.8 Å². The summed E-state index contributed by atoms with van der Waals surface area (Å²) in [6, 6.07) is 34.9. The number of rotatable bonds is 6. The summed E-state index contributed by atoms with van der Waals surface area (Å²) in [5.41, 5.74) is 6.88. The third-order valence-corrected chi connectivity index (χ3v) is 8.48. The summed E-state index contributed by atoms with van der Waals surface area (Å²) in [5.74, 6) is -0.528. The van der Waals surface area contributed by atoms with Crippen molar-refractivity contribution < 1.29 is 23.3 Å². The van der Waals surface area contributed by atoms with E-state index in [4.69, 9.17) is 9.47 Å². The first-order valence-electron chi connectivity index (χ1n) is 13.0. The molecule has 0 fully saturated rings. The van der Waals surface area contributed by atoms with E-state index in [-0.39, 0.29) is 18.5 Å². The van der Waals surface area contributed by atoms with Gasteiger partial charge >= 0.3 is 11.9 Å². The number of carbonyl (C=O) groups is 2. The Morgan fingerprint density at radius 2 is 1.00 bits per heavy atom. The zero-order valence-electron chi connectivity index (χ0n) is 22.7. The largest absolute Gasteiger partial charge is 0.457 e. The van der Waals surface area contributed by atoms with Crippen molar-refractivity contribution in [2.45, 2.75) is 9.79 Å². The number of ether oxygens (including phenoxy) is 2. The summed E-state index contributed by atoms with van der Waals surface area (Å²) in [7, 11) is -1.00. The van der Waals surface area contributed by atoms with Crippen LogP contribution in [0.5, 0.6) is 0 Å². The molecule has 0 aromatic heterocycles. The number of thioether (sulfide) groups is 1. The highest BCUT2D eigenvalue weighted by molar-refractivity contribution is 7.98. The van der Waals surface area contributed by atoms with Crippen LogP contribution < -0.4 is 0 Å². The van der Waals surface area contributed by atoms with E-state index in [0.29, 0.717) is 17.8 Å². The fourth-order valence-corrected chi connectivity index (χ4v) is 5.63. The Balaban J connectivity index is 0.000000165. The molecule has 0 saturated carbocycles. The molecule has 0 aliphatic carbocycles. The van der Waals surface area contributed by atoms with Crippen molar-refractivity contribution in [3.8, 4) is 0 Å². The summed E-state index contributed by atoms with van der Waals surface area (Å²) >= 11 is 1.70. The molecule has 0 N–H and O–H groups in total. The maximum atomic E-state index is 12.0. The van der Waals surface area contributed by atoms with Gasteiger partial charge in [0, 0.05) is 38.0 Å². The SMILES string of the molecule is CS(=O)c1ccc(C2=C(c3ccccc3)C(=O)OC2)cc1.CSc1ccc(C2=C(c3ccccc3)C(=O)OC2)cc1. The average Bonchev–Trinajstić information content (AvgIpc) is 3.60. The summed E-state index contributed by atoms with van der Waals surface area (Å²) < 4.78 is 21.9. The van der Waals surface area contributed by atoms with Crippen molar-refractivity contribution >= 4 is 56.8 Å². The normalized spacial score (nSPS) is 15.3. The molecule has 5 nitrogen and oxygen atoms in total. The topological polar surface area (TPSA) is 69.7 Å². The van der Waals surface area contributed by atoms with E-state index in [2.05, 4.69) is 12.1 Å². The fraction of sp³-hybridized carbons (Fsp3) is 0.118. The van der Waals surface area contributed by atoms with Crippen molar-refractivity contribution in [2.75, 3.05) is 25.7 Å². The average molecular weight is 581 g/mol. The molecule has 0 saturated heterocycles. The Bertz CT molecular complexity index is 1640. The zero-order chi connectivity index (χ0) is 28.8. The smallest absolute Gasteiger partial charge is 0.339 e. The number of carbonyl (C=O) groups excluding carboxylic acids is 2. The molecule has 0 amide bonds. The molecule has 4 aromatic rings. The van der Waals surface area contributed by atoms with E-state index in [9.17, 15) is 13.8 Å². The van der Waals surface area contributed by atoms with Crippen LogP contribution in [0.15, 0.2) is 119 Å². The molecular formula is C34H28O5S2. The van der Waals surface area contributed by atoms with Gasteiger partial charge in [-0.2, -0.15) is 0 Å². The molecule has 0 bridgehead atoms. The molecular weight excluding hydrogens is 553 g/mol. The first kappa shape index (κ1) is 28.3. The van der Waals surface area contributed by atoms with E-state index in [0.717, 1.165) is 38.3 Å². The lowest BCUT2D eigenvalue weighted by Gasteiger charge is -2.05. The van der Waals surface area contributed by atoms with Crippen LogP contribution in [0.2, 0.25) is 0 Å². The third-order valence-electron chi connectivity index (χ3n) is 6.81. The number of benzene rings is 4. The monoisotopic (exact) mass is 580 g/mol. The van der Waals surface area contributed by atoms with Crippen LogP contribution in [0.1, 0.15) is 22.3 Å². The van der Waals surface area contributed by atoms with Gasteiger partial charge in [-0.15, -0.1) is 11.8 Å². The lowest BCUT2D eigenvalue weighted by atomic mass is 9.97. The molecule has 2 aliphatic heterocycles. The van der Waals surface area contributed by atoms with Crippen molar-refractivity contribution in [2.24, 2.45) is 0 Å². The Labute approximate surface area is 246 Å². The number of cyclic esters (lactones) is 2. The summed E-state index contributed by atoms with van der Waals surface area (Å²) in [6.45, 7) is 0.624. The van der Waals surface area contributed by atoms with E-state index >= 15 is 0 Å². The van der Waals surface area contributed by atoms with E-state index in [1.807, 2.05) is 103 Å². The number of hydrogen-bond acceptors (Lipinski definition) is 6. The van der Waals surface area contributed by atoms with E-state index in [1.54, 1.807) is 18.0 Å². The highest BCUT2D eigenvalue weighted by atomic mass is 32.2. The molecule has 1 atom stereocenters. The molecule has 0 spiro atoms. The maximum Gasteiger partial charge on any atom is 0.339 e.